The van der Waals surface area contributed by atoms with Gasteiger partial charge in [0.2, 0.25) is 10.0 Å². The maximum atomic E-state index is 11.9. The summed E-state index contributed by atoms with van der Waals surface area (Å²) in [7, 11) is -3.69. The van der Waals surface area contributed by atoms with Crippen LogP contribution in [-0.4, -0.2) is 32.9 Å². The minimum atomic E-state index is -3.69. The number of nitrogens with one attached hydrogen (secondary N) is 3. The molecule has 1 aliphatic heterocycles. The van der Waals surface area contributed by atoms with Gasteiger partial charge >= 0.3 is 6.03 Å². The summed E-state index contributed by atoms with van der Waals surface area (Å²) in [5.74, 6) is -0.545. The summed E-state index contributed by atoms with van der Waals surface area (Å²) >= 11 is 0. The van der Waals surface area contributed by atoms with Gasteiger partial charge < -0.3 is 5.32 Å². The summed E-state index contributed by atoms with van der Waals surface area (Å²) < 4.78 is 26.2. The zero-order valence-electron chi connectivity index (χ0n) is 10.1. The van der Waals surface area contributed by atoms with E-state index in [1.165, 1.54) is 12.1 Å². The molecule has 0 spiro atoms. The molecule has 102 valence electrons. The number of urea groups is 1. The van der Waals surface area contributed by atoms with Crippen molar-refractivity contribution in [3.8, 4) is 0 Å². The molecule has 1 atom stereocenters. The molecule has 0 aliphatic carbocycles. The molecule has 0 saturated carbocycles. The van der Waals surface area contributed by atoms with E-state index in [9.17, 15) is 18.0 Å². The van der Waals surface area contributed by atoms with E-state index in [0.29, 0.717) is 0 Å². The molecule has 0 bridgehead atoms. The molecule has 3 amide bonds. The Kier molecular flexibility index (Phi) is 3.54. The molecule has 1 saturated heterocycles. The van der Waals surface area contributed by atoms with Crippen molar-refractivity contribution in [1.82, 2.24) is 15.4 Å². The number of amides is 3. The van der Waals surface area contributed by atoms with E-state index in [1.54, 1.807) is 12.1 Å². The Morgan fingerprint density at radius 1 is 1.21 bits per heavy atom. The van der Waals surface area contributed by atoms with E-state index < -0.39 is 28.0 Å². The number of benzene rings is 1. The van der Waals surface area contributed by atoms with Gasteiger partial charge in [0, 0.05) is 6.54 Å². The molecule has 1 aromatic carbocycles. The summed E-state index contributed by atoms with van der Waals surface area (Å²) in [5.41, 5.74) is 0.946. The van der Waals surface area contributed by atoms with Crippen LogP contribution in [0.15, 0.2) is 29.2 Å². The van der Waals surface area contributed by atoms with E-state index in [1.807, 2.05) is 12.2 Å². The van der Waals surface area contributed by atoms with Crippen molar-refractivity contribution in [1.29, 1.82) is 0 Å². The molecule has 0 radical (unpaired) electrons. The van der Waals surface area contributed by atoms with Crippen molar-refractivity contribution in [2.24, 2.45) is 0 Å². The minimum absolute atomic E-state index is 0.114. The monoisotopic (exact) mass is 283 g/mol. The highest BCUT2D eigenvalue weighted by molar-refractivity contribution is 7.89. The standard InChI is InChI=1S/C11H13N3O4S/c1-7-2-4-8(5-3-7)19(17,18)12-6-9-10(15)14-11(16)13-9/h2-5,9,12H,6H2,1H3,(H2,13,14,15,16). The molecule has 7 nitrogen and oxygen atoms in total. The Morgan fingerprint density at radius 3 is 2.37 bits per heavy atom. The Balaban J connectivity index is 2.04. The van der Waals surface area contributed by atoms with E-state index in [2.05, 4.69) is 10.0 Å². The lowest BCUT2D eigenvalue weighted by Crippen LogP contribution is -2.41. The van der Waals surface area contributed by atoms with Gasteiger partial charge in [0.1, 0.15) is 6.04 Å². The molecule has 1 heterocycles. The first-order valence-electron chi connectivity index (χ1n) is 5.56. The zero-order valence-corrected chi connectivity index (χ0v) is 11.0. The molecule has 8 heteroatoms. The lowest BCUT2D eigenvalue weighted by molar-refractivity contribution is -0.120. The van der Waals surface area contributed by atoms with Gasteiger partial charge in [-0.25, -0.2) is 17.9 Å². The largest absolute Gasteiger partial charge is 0.325 e. The average Bonchev–Trinajstić information content (AvgIpc) is 2.66. The number of aryl methyl sites for hydroxylation is 1. The lowest BCUT2D eigenvalue weighted by atomic mass is 10.2. The number of carbonyl (C=O) groups is 2. The SMILES string of the molecule is Cc1ccc(S(=O)(=O)NCC2NC(=O)NC2=O)cc1. The van der Waals surface area contributed by atoms with Crippen molar-refractivity contribution in [3.05, 3.63) is 29.8 Å². The molecule has 19 heavy (non-hydrogen) atoms. The summed E-state index contributed by atoms with van der Waals surface area (Å²) in [6.07, 6.45) is 0. The maximum Gasteiger partial charge on any atom is 0.322 e. The molecule has 1 aromatic rings. The first-order valence-corrected chi connectivity index (χ1v) is 7.04. The van der Waals surface area contributed by atoms with Crippen molar-refractivity contribution in [3.63, 3.8) is 0 Å². The van der Waals surface area contributed by atoms with Crippen LogP contribution < -0.4 is 15.4 Å². The van der Waals surface area contributed by atoms with Crippen molar-refractivity contribution in [2.45, 2.75) is 17.9 Å². The molecule has 1 unspecified atom stereocenters. The third kappa shape index (κ3) is 3.09. The van der Waals surface area contributed by atoms with Crippen LogP contribution in [0, 0.1) is 6.92 Å². The highest BCUT2D eigenvalue weighted by atomic mass is 32.2. The predicted octanol–water partition coefficient (Wildman–Crippen LogP) is -0.519. The molecule has 2 rings (SSSR count). The molecular formula is C11H13N3O4S. The van der Waals surface area contributed by atoms with Gasteiger partial charge in [0.05, 0.1) is 4.90 Å². The molecular weight excluding hydrogens is 270 g/mol. The van der Waals surface area contributed by atoms with E-state index in [4.69, 9.17) is 0 Å². The minimum Gasteiger partial charge on any atom is -0.325 e. The highest BCUT2D eigenvalue weighted by Gasteiger charge is 2.30. The van der Waals surface area contributed by atoms with Gasteiger partial charge in [-0.3, -0.25) is 10.1 Å². The van der Waals surface area contributed by atoms with Gasteiger partial charge in [0.25, 0.3) is 5.91 Å². The van der Waals surface area contributed by atoms with Crippen molar-refractivity contribution >= 4 is 22.0 Å². The Labute approximate surface area is 110 Å². The number of hydrogen-bond donors (Lipinski definition) is 3. The van der Waals surface area contributed by atoms with Gasteiger partial charge in [-0.2, -0.15) is 0 Å². The number of sulfonamides is 1. The van der Waals surface area contributed by atoms with Crippen molar-refractivity contribution in [2.75, 3.05) is 6.54 Å². The number of imide groups is 1. The van der Waals surface area contributed by atoms with Crippen molar-refractivity contribution < 1.29 is 18.0 Å². The van der Waals surface area contributed by atoms with Gasteiger partial charge in [-0.15, -0.1) is 0 Å². The van der Waals surface area contributed by atoms with Crippen LogP contribution in [0.4, 0.5) is 4.79 Å². The second-order valence-electron chi connectivity index (χ2n) is 4.18. The fraction of sp³-hybridized carbons (Fsp3) is 0.273. The van der Waals surface area contributed by atoms with Crippen LogP contribution in [0.25, 0.3) is 0 Å². The third-order valence-electron chi connectivity index (χ3n) is 2.67. The second-order valence-corrected chi connectivity index (χ2v) is 5.95. The zero-order chi connectivity index (χ0) is 14.0. The number of rotatable bonds is 4. The fourth-order valence-electron chi connectivity index (χ4n) is 1.60. The summed E-state index contributed by atoms with van der Waals surface area (Å²) in [6, 6.07) is 4.81. The average molecular weight is 283 g/mol. The van der Waals surface area contributed by atoms with Gasteiger partial charge in [-0.05, 0) is 19.1 Å². The van der Waals surface area contributed by atoms with Crippen LogP contribution in [0.2, 0.25) is 0 Å². The molecule has 1 fully saturated rings. The maximum absolute atomic E-state index is 11.9. The number of hydrogen-bond acceptors (Lipinski definition) is 4. The second kappa shape index (κ2) is 4.98. The molecule has 1 aliphatic rings. The van der Waals surface area contributed by atoms with Crippen LogP contribution >= 0.6 is 0 Å². The molecule has 0 aromatic heterocycles. The quantitative estimate of drug-likeness (QED) is 0.647. The first-order chi connectivity index (χ1) is 8.88. The van der Waals surface area contributed by atoms with Crippen LogP contribution in [-0.2, 0) is 14.8 Å². The van der Waals surface area contributed by atoms with Gasteiger partial charge in [-0.1, -0.05) is 17.7 Å². The highest BCUT2D eigenvalue weighted by Crippen LogP contribution is 2.09. The lowest BCUT2D eigenvalue weighted by Gasteiger charge is -2.10. The van der Waals surface area contributed by atoms with E-state index in [0.717, 1.165) is 5.56 Å². The van der Waals surface area contributed by atoms with E-state index in [-0.39, 0.29) is 11.4 Å². The summed E-state index contributed by atoms with van der Waals surface area (Å²) in [5, 5.41) is 4.34. The Hall–Kier alpha value is -1.93. The third-order valence-corrected chi connectivity index (χ3v) is 4.11. The fourth-order valence-corrected chi connectivity index (χ4v) is 2.64. The first kappa shape index (κ1) is 13.5. The normalized spacial score (nSPS) is 19.1. The van der Waals surface area contributed by atoms with Crippen LogP contribution in [0.5, 0.6) is 0 Å². The number of carbonyl (C=O) groups excluding carboxylic acids is 2. The van der Waals surface area contributed by atoms with Crippen LogP contribution in [0.1, 0.15) is 5.56 Å². The smallest absolute Gasteiger partial charge is 0.322 e. The van der Waals surface area contributed by atoms with E-state index >= 15 is 0 Å². The summed E-state index contributed by atoms with van der Waals surface area (Å²) in [4.78, 5) is 22.2. The summed E-state index contributed by atoms with van der Waals surface area (Å²) in [6.45, 7) is 1.66. The predicted molar refractivity (Wildman–Crippen MR) is 66.8 cm³/mol. The van der Waals surface area contributed by atoms with Gasteiger partial charge in [0.15, 0.2) is 0 Å². The topological polar surface area (TPSA) is 104 Å². The molecule has 3 N–H and O–H groups in total. The van der Waals surface area contributed by atoms with Crippen LogP contribution in [0.3, 0.4) is 0 Å². The Bertz CT molecular complexity index is 609. The Morgan fingerprint density at radius 2 is 1.84 bits per heavy atom.